The van der Waals surface area contributed by atoms with Crippen molar-refractivity contribution in [3.8, 4) is 0 Å². The molecule has 0 saturated carbocycles. The molecule has 6 heteroatoms. The molecule has 1 unspecified atom stereocenters. The van der Waals surface area contributed by atoms with Crippen LogP contribution < -0.4 is 11.3 Å². The second-order valence-electron chi connectivity index (χ2n) is 4.43. The van der Waals surface area contributed by atoms with Gasteiger partial charge in [0.25, 0.3) is 5.56 Å². The van der Waals surface area contributed by atoms with Gasteiger partial charge in [-0.3, -0.25) is 4.79 Å². The summed E-state index contributed by atoms with van der Waals surface area (Å²) in [6, 6.07) is 3.45. The smallest absolute Gasteiger partial charge is 0.252 e. The van der Waals surface area contributed by atoms with Crippen LogP contribution in [0.4, 0.5) is 0 Å². The van der Waals surface area contributed by atoms with Gasteiger partial charge in [0.05, 0.1) is 11.5 Å². The van der Waals surface area contributed by atoms with Crippen LogP contribution in [-0.4, -0.2) is 24.9 Å². The van der Waals surface area contributed by atoms with Crippen LogP contribution in [0.25, 0.3) is 0 Å². The van der Waals surface area contributed by atoms with E-state index in [1.807, 2.05) is 0 Å². The average Bonchev–Trinajstić information content (AvgIpc) is 2.27. The van der Waals surface area contributed by atoms with Gasteiger partial charge in [-0.25, -0.2) is 8.42 Å². The number of pyridine rings is 1. The molecule has 1 aromatic rings. The zero-order chi connectivity index (χ0) is 12.5. The Labute approximate surface area is 100.0 Å². The molecule has 17 heavy (non-hydrogen) atoms. The van der Waals surface area contributed by atoms with Crippen LogP contribution in [-0.2, 0) is 16.4 Å². The summed E-state index contributed by atoms with van der Waals surface area (Å²) < 4.78 is 23.1. The van der Waals surface area contributed by atoms with Gasteiger partial charge in [0.1, 0.15) is 0 Å². The van der Waals surface area contributed by atoms with E-state index in [1.165, 1.54) is 0 Å². The lowest BCUT2D eigenvalue weighted by atomic mass is 10.0. The van der Waals surface area contributed by atoms with Crippen molar-refractivity contribution in [3.05, 3.63) is 33.7 Å². The third kappa shape index (κ3) is 2.76. The van der Waals surface area contributed by atoms with Crippen molar-refractivity contribution in [3.63, 3.8) is 0 Å². The van der Waals surface area contributed by atoms with Gasteiger partial charge in [0.15, 0.2) is 9.84 Å². The van der Waals surface area contributed by atoms with Crippen molar-refractivity contribution < 1.29 is 8.42 Å². The van der Waals surface area contributed by atoms with E-state index in [0.717, 1.165) is 6.42 Å². The highest BCUT2D eigenvalue weighted by atomic mass is 32.2. The quantitative estimate of drug-likeness (QED) is 0.786. The fraction of sp³-hybridized carbons (Fsp3) is 0.545. The predicted octanol–water partition coefficient (Wildman–Crippen LogP) is 0.126. The Bertz CT molecular complexity index is 562. The molecule has 1 aromatic heterocycles. The number of nitrogens with two attached hydrogens (primary N) is 1. The first kappa shape index (κ1) is 12.3. The number of hydrogen-bond donors (Lipinski definition) is 2. The van der Waals surface area contributed by atoms with Gasteiger partial charge in [-0.1, -0.05) is 6.07 Å². The molecular formula is C11H16N2O3S. The minimum Gasteiger partial charge on any atom is -0.326 e. The van der Waals surface area contributed by atoms with E-state index in [4.69, 9.17) is 5.73 Å². The largest absolute Gasteiger partial charge is 0.326 e. The number of aromatic nitrogens is 1. The Balaban J connectivity index is 2.29. The maximum absolute atomic E-state index is 11.6. The zero-order valence-corrected chi connectivity index (χ0v) is 10.3. The van der Waals surface area contributed by atoms with Crippen molar-refractivity contribution in [2.24, 2.45) is 5.73 Å². The number of sulfone groups is 1. The molecular weight excluding hydrogens is 240 g/mol. The fourth-order valence-corrected chi connectivity index (χ4v) is 3.92. The molecule has 2 heterocycles. The van der Waals surface area contributed by atoms with Gasteiger partial charge in [-0.05, 0) is 18.9 Å². The lowest BCUT2D eigenvalue weighted by Gasteiger charge is -2.21. The van der Waals surface area contributed by atoms with E-state index < -0.39 is 9.84 Å². The predicted molar refractivity (Wildman–Crippen MR) is 65.6 cm³/mol. The van der Waals surface area contributed by atoms with Crippen LogP contribution >= 0.6 is 0 Å². The summed E-state index contributed by atoms with van der Waals surface area (Å²) in [4.78, 5) is 14.3. The second kappa shape index (κ2) is 4.62. The summed E-state index contributed by atoms with van der Waals surface area (Å²) >= 11 is 0. The molecule has 94 valence electrons. The topological polar surface area (TPSA) is 93.0 Å². The van der Waals surface area contributed by atoms with Crippen LogP contribution in [0.5, 0.6) is 0 Å². The molecule has 1 atom stereocenters. The van der Waals surface area contributed by atoms with Gasteiger partial charge < -0.3 is 10.7 Å². The molecule has 0 spiro atoms. The van der Waals surface area contributed by atoms with Gasteiger partial charge in [0.2, 0.25) is 0 Å². The Morgan fingerprint density at radius 2 is 2.18 bits per heavy atom. The Morgan fingerprint density at radius 3 is 2.76 bits per heavy atom. The lowest BCUT2D eigenvalue weighted by Crippen LogP contribution is -2.26. The number of rotatable bonds is 2. The fourth-order valence-electron chi connectivity index (χ4n) is 2.19. The zero-order valence-electron chi connectivity index (χ0n) is 9.48. The third-order valence-electron chi connectivity index (χ3n) is 3.14. The number of nitrogens with one attached hydrogen (secondary N) is 1. The molecule has 2 rings (SSSR count). The third-order valence-corrected chi connectivity index (χ3v) is 4.96. The Kier molecular flexibility index (Phi) is 3.35. The van der Waals surface area contributed by atoms with E-state index in [-0.39, 0.29) is 29.5 Å². The average molecular weight is 256 g/mol. The van der Waals surface area contributed by atoms with Gasteiger partial charge in [-0.2, -0.15) is 0 Å². The van der Waals surface area contributed by atoms with Crippen molar-refractivity contribution in [2.75, 3.05) is 11.5 Å². The standard InChI is InChI=1S/C11H16N2O3S/c12-6-8-3-4-10(13-11(8)14)9-2-1-5-17(15,16)7-9/h3-4,9H,1-2,5-7,12H2,(H,13,14). The van der Waals surface area contributed by atoms with Crippen LogP contribution in [0.1, 0.15) is 30.0 Å². The molecule has 0 radical (unpaired) electrons. The lowest BCUT2D eigenvalue weighted by molar-refractivity contribution is 0.549. The monoisotopic (exact) mass is 256 g/mol. The van der Waals surface area contributed by atoms with Crippen molar-refractivity contribution in [1.82, 2.24) is 4.98 Å². The van der Waals surface area contributed by atoms with Crippen molar-refractivity contribution in [2.45, 2.75) is 25.3 Å². The molecule has 3 N–H and O–H groups in total. The molecule has 0 amide bonds. The van der Waals surface area contributed by atoms with E-state index in [9.17, 15) is 13.2 Å². The van der Waals surface area contributed by atoms with Crippen LogP contribution in [0.2, 0.25) is 0 Å². The molecule has 0 bridgehead atoms. The van der Waals surface area contributed by atoms with Gasteiger partial charge in [-0.15, -0.1) is 0 Å². The van der Waals surface area contributed by atoms with Crippen LogP contribution in [0.3, 0.4) is 0 Å². The van der Waals surface area contributed by atoms with Crippen LogP contribution in [0.15, 0.2) is 16.9 Å². The van der Waals surface area contributed by atoms with E-state index in [1.54, 1.807) is 12.1 Å². The van der Waals surface area contributed by atoms with E-state index in [0.29, 0.717) is 17.7 Å². The number of H-pyrrole nitrogens is 1. The normalized spacial score (nSPS) is 23.5. The molecule has 1 fully saturated rings. The summed E-state index contributed by atoms with van der Waals surface area (Å²) in [6.07, 6.45) is 1.46. The van der Waals surface area contributed by atoms with E-state index >= 15 is 0 Å². The number of aromatic amines is 1. The molecule has 1 aliphatic heterocycles. The van der Waals surface area contributed by atoms with Crippen LogP contribution in [0, 0.1) is 0 Å². The highest BCUT2D eigenvalue weighted by molar-refractivity contribution is 7.91. The Hall–Kier alpha value is -1.14. The summed E-state index contributed by atoms with van der Waals surface area (Å²) in [5, 5.41) is 0. The number of hydrogen-bond acceptors (Lipinski definition) is 4. The molecule has 1 aliphatic rings. The summed E-state index contributed by atoms with van der Waals surface area (Å²) in [5.41, 5.74) is 6.42. The first-order chi connectivity index (χ1) is 8.02. The highest BCUT2D eigenvalue weighted by Crippen LogP contribution is 2.26. The maximum atomic E-state index is 11.6. The summed E-state index contributed by atoms with van der Waals surface area (Å²) in [7, 11) is -2.96. The molecule has 1 saturated heterocycles. The van der Waals surface area contributed by atoms with Gasteiger partial charge >= 0.3 is 0 Å². The van der Waals surface area contributed by atoms with Crippen molar-refractivity contribution in [1.29, 1.82) is 0 Å². The maximum Gasteiger partial charge on any atom is 0.252 e. The Morgan fingerprint density at radius 1 is 1.41 bits per heavy atom. The van der Waals surface area contributed by atoms with Crippen molar-refractivity contribution >= 4 is 9.84 Å². The molecule has 0 aromatic carbocycles. The first-order valence-electron chi connectivity index (χ1n) is 5.64. The highest BCUT2D eigenvalue weighted by Gasteiger charge is 2.26. The van der Waals surface area contributed by atoms with Gasteiger partial charge in [0, 0.05) is 23.7 Å². The van der Waals surface area contributed by atoms with E-state index in [2.05, 4.69) is 4.98 Å². The first-order valence-corrected chi connectivity index (χ1v) is 7.46. The molecule has 5 nitrogen and oxygen atoms in total. The summed E-state index contributed by atoms with van der Waals surface area (Å²) in [6.45, 7) is 0.193. The minimum absolute atomic E-state index is 0.0896. The SMILES string of the molecule is NCc1ccc(C2CCCS(=O)(=O)C2)[nH]c1=O. The molecule has 0 aliphatic carbocycles. The summed E-state index contributed by atoms with van der Waals surface area (Å²) in [5.74, 6) is 0.299. The second-order valence-corrected chi connectivity index (χ2v) is 6.65. The minimum atomic E-state index is -2.96.